The average Bonchev–Trinajstić information content (AvgIpc) is 3.21. The molecule has 0 spiro atoms. The van der Waals surface area contributed by atoms with Gasteiger partial charge in [0.25, 0.3) is 15.9 Å². The maximum atomic E-state index is 12.8. The van der Waals surface area contributed by atoms with E-state index < -0.39 is 10.0 Å². The molecule has 2 aliphatic rings. The highest BCUT2D eigenvalue weighted by atomic mass is 32.2. The third-order valence-electron chi connectivity index (χ3n) is 5.27. The normalized spacial score (nSPS) is 19.3. The van der Waals surface area contributed by atoms with E-state index in [0.29, 0.717) is 43.2 Å². The first-order valence-electron chi connectivity index (χ1n) is 9.58. The van der Waals surface area contributed by atoms with Gasteiger partial charge in [-0.15, -0.1) is 15.7 Å². The fourth-order valence-electron chi connectivity index (χ4n) is 3.78. The zero-order valence-electron chi connectivity index (χ0n) is 16.5. The number of carbonyl (C=O) groups is 1. The Labute approximate surface area is 175 Å². The fraction of sp³-hybridized carbons (Fsp3) is 0.333. The van der Waals surface area contributed by atoms with Crippen LogP contribution in [-0.2, 0) is 10.0 Å². The molecule has 29 heavy (non-hydrogen) atoms. The Morgan fingerprint density at radius 3 is 2.48 bits per heavy atom. The summed E-state index contributed by atoms with van der Waals surface area (Å²) in [4.78, 5) is 17.5. The van der Waals surface area contributed by atoms with Gasteiger partial charge in [-0.05, 0) is 37.3 Å². The van der Waals surface area contributed by atoms with E-state index in [9.17, 15) is 13.2 Å². The molecule has 1 saturated heterocycles. The Hall–Kier alpha value is -2.45. The van der Waals surface area contributed by atoms with Crippen molar-refractivity contribution in [3.05, 3.63) is 63.4 Å². The van der Waals surface area contributed by atoms with Crippen molar-refractivity contribution in [3.8, 4) is 0 Å². The molecular formula is C21H23N3O3S2. The summed E-state index contributed by atoms with van der Waals surface area (Å²) in [5, 5.41) is 1.90. The van der Waals surface area contributed by atoms with Crippen LogP contribution in [0.3, 0.4) is 0 Å². The lowest BCUT2D eigenvalue weighted by molar-refractivity contribution is 0.0769. The minimum atomic E-state index is -3.73. The van der Waals surface area contributed by atoms with E-state index in [-0.39, 0.29) is 10.8 Å². The van der Waals surface area contributed by atoms with Crippen molar-refractivity contribution in [2.75, 3.05) is 26.2 Å². The zero-order chi connectivity index (χ0) is 20.6. The minimum absolute atomic E-state index is 0.0374. The van der Waals surface area contributed by atoms with Gasteiger partial charge in [0.1, 0.15) is 10.7 Å². The van der Waals surface area contributed by atoms with E-state index in [2.05, 4.69) is 4.40 Å². The quantitative estimate of drug-likeness (QED) is 0.734. The van der Waals surface area contributed by atoms with Crippen molar-refractivity contribution in [1.29, 1.82) is 0 Å². The highest BCUT2D eigenvalue weighted by molar-refractivity contribution is 8.00. The predicted molar refractivity (Wildman–Crippen MR) is 117 cm³/mol. The van der Waals surface area contributed by atoms with Crippen LogP contribution in [0.1, 0.15) is 34.1 Å². The Bertz CT molecular complexity index is 1080. The molecule has 152 valence electrons. The molecule has 0 atom stereocenters. The Kier molecular flexibility index (Phi) is 5.31. The monoisotopic (exact) mass is 429 g/mol. The molecule has 2 aliphatic heterocycles. The SMILES string of the molecule is CC1=C(c2ccc(C)cc2)S(=O)(=O)N=C1N1CCCN(C(=O)c2cccs2)CC1. The molecule has 1 fully saturated rings. The number of nitrogens with zero attached hydrogens (tertiary/aromatic N) is 3. The number of amides is 1. The van der Waals surface area contributed by atoms with Crippen molar-refractivity contribution >= 4 is 38.0 Å². The van der Waals surface area contributed by atoms with Gasteiger partial charge < -0.3 is 9.80 Å². The van der Waals surface area contributed by atoms with Crippen molar-refractivity contribution < 1.29 is 13.2 Å². The zero-order valence-corrected chi connectivity index (χ0v) is 18.1. The van der Waals surface area contributed by atoms with Crippen LogP contribution in [0.5, 0.6) is 0 Å². The number of amidine groups is 1. The Morgan fingerprint density at radius 1 is 1.03 bits per heavy atom. The second-order valence-corrected chi connectivity index (χ2v) is 9.81. The van der Waals surface area contributed by atoms with E-state index in [1.54, 1.807) is 0 Å². The first-order chi connectivity index (χ1) is 13.9. The van der Waals surface area contributed by atoms with Crippen molar-refractivity contribution in [2.24, 2.45) is 4.40 Å². The Morgan fingerprint density at radius 2 is 1.79 bits per heavy atom. The molecule has 0 bridgehead atoms. The summed E-state index contributed by atoms with van der Waals surface area (Å²) in [5.41, 5.74) is 2.41. The topological polar surface area (TPSA) is 70.1 Å². The van der Waals surface area contributed by atoms with E-state index in [0.717, 1.165) is 16.9 Å². The maximum Gasteiger partial charge on any atom is 0.285 e. The highest BCUT2D eigenvalue weighted by Gasteiger charge is 2.34. The smallest absolute Gasteiger partial charge is 0.285 e. The van der Waals surface area contributed by atoms with E-state index in [1.165, 1.54) is 11.3 Å². The molecule has 0 saturated carbocycles. The van der Waals surface area contributed by atoms with Crippen molar-refractivity contribution in [1.82, 2.24) is 9.80 Å². The van der Waals surface area contributed by atoms with Gasteiger partial charge in [-0.1, -0.05) is 35.9 Å². The standard InChI is InChI=1S/C21H23N3O3S2/c1-15-6-8-17(9-7-15)19-16(2)20(22-29(19,26)27)23-10-4-11-24(13-12-23)21(25)18-5-3-14-28-18/h3,5-9,14H,4,10-13H2,1-2H3. The lowest BCUT2D eigenvalue weighted by Crippen LogP contribution is -2.37. The fourth-order valence-corrected chi connectivity index (χ4v) is 5.95. The van der Waals surface area contributed by atoms with E-state index >= 15 is 0 Å². The second kappa shape index (κ2) is 7.76. The van der Waals surface area contributed by atoms with Gasteiger partial charge in [0.15, 0.2) is 0 Å². The molecule has 0 unspecified atom stereocenters. The molecule has 6 nitrogen and oxygen atoms in total. The van der Waals surface area contributed by atoms with Crippen LogP contribution in [0.25, 0.3) is 4.91 Å². The van der Waals surface area contributed by atoms with Crippen LogP contribution in [0, 0.1) is 6.92 Å². The van der Waals surface area contributed by atoms with Gasteiger partial charge in [-0.2, -0.15) is 8.42 Å². The molecule has 0 aliphatic carbocycles. The molecule has 0 N–H and O–H groups in total. The molecule has 0 radical (unpaired) electrons. The van der Waals surface area contributed by atoms with Gasteiger partial charge >= 0.3 is 0 Å². The number of benzene rings is 1. The van der Waals surface area contributed by atoms with Crippen LogP contribution >= 0.6 is 11.3 Å². The number of sulfonamides is 1. The molecule has 3 heterocycles. The molecule has 4 rings (SSSR count). The van der Waals surface area contributed by atoms with Crippen molar-refractivity contribution in [3.63, 3.8) is 0 Å². The number of hydrogen-bond acceptors (Lipinski definition) is 5. The van der Waals surface area contributed by atoms with Gasteiger partial charge in [0, 0.05) is 31.8 Å². The minimum Gasteiger partial charge on any atom is -0.354 e. The number of aryl methyl sites for hydroxylation is 1. The second-order valence-electron chi connectivity index (χ2n) is 7.32. The lowest BCUT2D eigenvalue weighted by atomic mass is 10.1. The first-order valence-corrected chi connectivity index (χ1v) is 11.9. The maximum absolute atomic E-state index is 12.8. The number of hydrogen-bond donors (Lipinski definition) is 0. The Balaban J connectivity index is 1.57. The summed E-state index contributed by atoms with van der Waals surface area (Å²) in [6.07, 6.45) is 0.767. The van der Waals surface area contributed by atoms with Gasteiger partial charge in [-0.25, -0.2) is 0 Å². The summed E-state index contributed by atoms with van der Waals surface area (Å²) in [7, 11) is -3.73. The van der Waals surface area contributed by atoms with E-state index in [1.807, 2.05) is 65.4 Å². The molecule has 1 aromatic carbocycles. The molecule has 1 amide bonds. The molecule has 1 aromatic heterocycles. The summed E-state index contributed by atoms with van der Waals surface area (Å²) >= 11 is 1.44. The largest absolute Gasteiger partial charge is 0.354 e. The average molecular weight is 430 g/mol. The van der Waals surface area contributed by atoms with Crippen LogP contribution < -0.4 is 0 Å². The van der Waals surface area contributed by atoms with Crippen LogP contribution in [-0.4, -0.2) is 56.1 Å². The number of thiophene rings is 1. The molecular weight excluding hydrogens is 406 g/mol. The van der Waals surface area contributed by atoms with Gasteiger partial charge in [0.2, 0.25) is 0 Å². The molecule has 2 aromatic rings. The van der Waals surface area contributed by atoms with Crippen molar-refractivity contribution in [2.45, 2.75) is 20.3 Å². The number of rotatable bonds is 2. The third-order valence-corrected chi connectivity index (χ3v) is 7.60. The lowest BCUT2D eigenvalue weighted by Gasteiger charge is -2.23. The predicted octanol–water partition coefficient (Wildman–Crippen LogP) is 3.38. The van der Waals surface area contributed by atoms with E-state index in [4.69, 9.17) is 0 Å². The molecule has 8 heteroatoms. The first kappa shape index (κ1) is 19.8. The number of carbonyl (C=O) groups excluding carboxylic acids is 1. The summed E-state index contributed by atoms with van der Waals surface area (Å²) < 4.78 is 29.7. The summed E-state index contributed by atoms with van der Waals surface area (Å²) in [6.45, 7) is 6.21. The van der Waals surface area contributed by atoms with Crippen LogP contribution in [0.4, 0.5) is 0 Å². The third kappa shape index (κ3) is 3.86. The van der Waals surface area contributed by atoms with Crippen LogP contribution in [0.2, 0.25) is 0 Å². The highest BCUT2D eigenvalue weighted by Crippen LogP contribution is 2.34. The van der Waals surface area contributed by atoms with Crippen LogP contribution in [0.15, 0.2) is 51.7 Å². The summed E-state index contributed by atoms with van der Waals surface area (Å²) in [6, 6.07) is 11.2. The van der Waals surface area contributed by atoms with Gasteiger partial charge in [0.05, 0.1) is 4.88 Å². The van der Waals surface area contributed by atoms with Gasteiger partial charge in [-0.3, -0.25) is 4.79 Å². The summed E-state index contributed by atoms with van der Waals surface area (Å²) in [5.74, 6) is 0.543.